The molecular weight excluding hydrogens is 474 g/mol. The van der Waals surface area contributed by atoms with Gasteiger partial charge in [-0.1, -0.05) is 50.2 Å². The molecule has 0 saturated heterocycles. The van der Waals surface area contributed by atoms with Gasteiger partial charge < -0.3 is 19.4 Å². The van der Waals surface area contributed by atoms with Crippen LogP contribution in [0.5, 0.6) is 11.5 Å². The Morgan fingerprint density at radius 2 is 1.76 bits per heavy atom. The molecule has 1 aromatic heterocycles. The van der Waals surface area contributed by atoms with E-state index in [9.17, 15) is 4.79 Å². The molecule has 0 unspecified atom stereocenters. The number of nitrogens with one attached hydrogen (secondary N) is 1. The van der Waals surface area contributed by atoms with Gasteiger partial charge in [0.2, 0.25) is 0 Å². The first-order chi connectivity index (χ1) is 18.5. The van der Waals surface area contributed by atoms with Crippen molar-refractivity contribution in [3.05, 3.63) is 89.2 Å². The van der Waals surface area contributed by atoms with Crippen LogP contribution in [0.3, 0.4) is 0 Å². The second-order valence-electron chi connectivity index (χ2n) is 9.98. The van der Waals surface area contributed by atoms with Gasteiger partial charge in [0.1, 0.15) is 17.3 Å². The Morgan fingerprint density at radius 1 is 0.974 bits per heavy atom. The highest BCUT2D eigenvalue weighted by atomic mass is 16.5. The number of para-hydroxylation sites is 3. The molecule has 3 aromatic carbocycles. The quantitative estimate of drug-likeness (QED) is 0.202. The molecule has 6 heteroatoms. The highest BCUT2D eigenvalue weighted by Gasteiger charge is 2.13. The second-order valence-corrected chi connectivity index (χ2v) is 9.98. The maximum atomic E-state index is 12.6. The summed E-state index contributed by atoms with van der Waals surface area (Å²) in [5, 5.41) is 3.02. The molecule has 0 aliphatic carbocycles. The number of nitrogens with zero attached hydrogens (tertiary/aromatic N) is 2. The van der Waals surface area contributed by atoms with Crippen LogP contribution in [0.25, 0.3) is 11.0 Å². The highest BCUT2D eigenvalue weighted by molar-refractivity contribution is 5.96. The number of hydrogen-bond donors (Lipinski definition) is 1. The van der Waals surface area contributed by atoms with Gasteiger partial charge in [-0.2, -0.15) is 0 Å². The van der Waals surface area contributed by atoms with Crippen molar-refractivity contribution in [3.8, 4) is 11.5 Å². The average Bonchev–Trinajstić information content (AvgIpc) is 3.27. The third kappa shape index (κ3) is 6.74. The minimum absolute atomic E-state index is 0.120. The average molecular weight is 514 g/mol. The molecule has 6 nitrogen and oxygen atoms in total. The van der Waals surface area contributed by atoms with Crippen molar-refractivity contribution in [1.29, 1.82) is 0 Å². The number of fused-ring (bicyclic) bond motifs is 1. The van der Waals surface area contributed by atoms with Crippen LogP contribution in [-0.2, 0) is 13.0 Å². The Morgan fingerprint density at radius 3 is 2.58 bits per heavy atom. The zero-order valence-electron chi connectivity index (χ0n) is 23.0. The highest BCUT2D eigenvalue weighted by Crippen LogP contribution is 2.28. The predicted molar refractivity (Wildman–Crippen MR) is 153 cm³/mol. The monoisotopic (exact) mass is 513 g/mol. The molecular formula is C32H39N3O3. The largest absolute Gasteiger partial charge is 0.496 e. The summed E-state index contributed by atoms with van der Waals surface area (Å²) in [4.78, 5) is 17.5. The molecule has 4 aromatic rings. The van der Waals surface area contributed by atoms with Crippen molar-refractivity contribution >= 4 is 16.9 Å². The van der Waals surface area contributed by atoms with Gasteiger partial charge >= 0.3 is 0 Å². The van der Waals surface area contributed by atoms with Crippen LogP contribution >= 0.6 is 0 Å². The molecule has 1 heterocycles. The van der Waals surface area contributed by atoms with Crippen LogP contribution in [0, 0.1) is 6.92 Å². The fraction of sp³-hybridized carbons (Fsp3) is 0.375. The topological polar surface area (TPSA) is 65.4 Å². The predicted octanol–water partition coefficient (Wildman–Crippen LogP) is 6.70. The zero-order chi connectivity index (χ0) is 26.9. The van der Waals surface area contributed by atoms with Crippen LogP contribution in [0.2, 0.25) is 0 Å². The number of ether oxygens (including phenoxy) is 2. The summed E-state index contributed by atoms with van der Waals surface area (Å²) >= 11 is 0. The third-order valence-electron chi connectivity index (χ3n) is 6.77. The first-order valence-electron chi connectivity index (χ1n) is 13.6. The minimum Gasteiger partial charge on any atom is -0.496 e. The summed E-state index contributed by atoms with van der Waals surface area (Å²) in [5.74, 6) is 2.96. The summed E-state index contributed by atoms with van der Waals surface area (Å²) in [6.45, 7) is 8.66. The number of carbonyl (C=O) groups is 1. The van der Waals surface area contributed by atoms with Crippen LogP contribution in [0.1, 0.15) is 66.3 Å². The number of rotatable bonds is 13. The molecule has 200 valence electrons. The van der Waals surface area contributed by atoms with E-state index >= 15 is 0 Å². The van der Waals surface area contributed by atoms with E-state index in [0.29, 0.717) is 30.4 Å². The Kier molecular flexibility index (Phi) is 9.41. The molecule has 1 amide bonds. The van der Waals surface area contributed by atoms with Gasteiger partial charge in [-0.3, -0.25) is 4.79 Å². The SMILES string of the molecule is COc1ccccc1C(=O)NCCCc1nc2ccccc2n1CCCCOc1cc(C)ccc1C(C)C. The number of aromatic nitrogens is 2. The van der Waals surface area contributed by atoms with E-state index in [4.69, 9.17) is 14.5 Å². The summed E-state index contributed by atoms with van der Waals surface area (Å²) in [6, 6.07) is 22.0. The maximum absolute atomic E-state index is 12.6. The summed E-state index contributed by atoms with van der Waals surface area (Å²) in [6.07, 6.45) is 3.56. The van der Waals surface area contributed by atoms with Crippen molar-refractivity contribution in [2.75, 3.05) is 20.3 Å². The minimum atomic E-state index is -0.120. The molecule has 0 atom stereocenters. The van der Waals surface area contributed by atoms with Gasteiger partial charge in [0.25, 0.3) is 5.91 Å². The number of hydrogen-bond acceptors (Lipinski definition) is 4. The number of amides is 1. The van der Waals surface area contributed by atoms with Crippen molar-refractivity contribution < 1.29 is 14.3 Å². The molecule has 1 N–H and O–H groups in total. The Balaban J connectivity index is 1.32. The smallest absolute Gasteiger partial charge is 0.255 e. The van der Waals surface area contributed by atoms with E-state index in [1.807, 2.05) is 18.2 Å². The molecule has 0 aliphatic heterocycles. The first kappa shape index (κ1) is 27.2. The zero-order valence-corrected chi connectivity index (χ0v) is 23.0. The van der Waals surface area contributed by atoms with Gasteiger partial charge in [0.15, 0.2) is 0 Å². The number of benzene rings is 3. The summed E-state index contributed by atoms with van der Waals surface area (Å²) in [5.41, 5.74) is 5.20. The molecule has 0 radical (unpaired) electrons. The van der Waals surface area contributed by atoms with Crippen LogP contribution in [0.15, 0.2) is 66.7 Å². The molecule has 0 bridgehead atoms. The number of aryl methyl sites for hydroxylation is 3. The first-order valence-corrected chi connectivity index (χ1v) is 13.6. The number of carbonyl (C=O) groups excluding carboxylic acids is 1. The lowest BCUT2D eigenvalue weighted by Crippen LogP contribution is -2.25. The van der Waals surface area contributed by atoms with Crippen LogP contribution < -0.4 is 14.8 Å². The van der Waals surface area contributed by atoms with E-state index < -0.39 is 0 Å². The van der Waals surface area contributed by atoms with E-state index in [1.165, 1.54) is 11.1 Å². The Bertz CT molecular complexity index is 1360. The van der Waals surface area contributed by atoms with Crippen LogP contribution in [0.4, 0.5) is 0 Å². The van der Waals surface area contributed by atoms with Crippen molar-refractivity contribution in [1.82, 2.24) is 14.9 Å². The molecule has 4 rings (SSSR count). The fourth-order valence-corrected chi connectivity index (χ4v) is 4.74. The number of imidazole rings is 1. The lowest BCUT2D eigenvalue weighted by atomic mass is 10.0. The van der Waals surface area contributed by atoms with Gasteiger partial charge in [-0.25, -0.2) is 4.98 Å². The van der Waals surface area contributed by atoms with E-state index in [0.717, 1.165) is 54.8 Å². The van der Waals surface area contributed by atoms with Crippen molar-refractivity contribution in [2.45, 2.75) is 58.9 Å². The van der Waals surface area contributed by atoms with Crippen LogP contribution in [-0.4, -0.2) is 35.7 Å². The fourth-order valence-electron chi connectivity index (χ4n) is 4.74. The van der Waals surface area contributed by atoms with E-state index in [1.54, 1.807) is 19.2 Å². The lowest BCUT2D eigenvalue weighted by molar-refractivity contribution is 0.0950. The van der Waals surface area contributed by atoms with Gasteiger partial charge in [0, 0.05) is 19.5 Å². The van der Waals surface area contributed by atoms with Gasteiger partial charge in [-0.05, 0) is 73.6 Å². The Hall–Kier alpha value is -3.80. The normalized spacial score (nSPS) is 11.2. The standard InChI is InChI=1S/C32H39N3O3/c1-23(2)25-18-17-24(3)22-30(25)38-21-10-9-20-35-28-14-7-6-13-27(28)34-31(35)16-11-19-33-32(36)26-12-5-8-15-29(26)37-4/h5-8,12-15,17-18,22-23H,9-11,16,19-21H2,1-4H3,(H,33,36). The van der Waals surface area contributed by atoms with Gasteiger partial charge in [-0.15, -0.1) is 0 Å². The molecule has 0 fully saturated rings. The summed E-state index contributed by atoms with van der Waals surface area (Å²) < 4.78 is 13.8. The van der Waals surface area contributed by atoms with Crippen molar-refractivity contribution in [3.63, 3.8) is 0 Å². The number of methoxy groups -OCH3 is 1. The second kappa shape index (κ2) is 13.1. The molecule has 0 spiro atoms. The van der Waals surface area contributed by atoms with E-state index in [-0.39, 0.29) is 5.91 Å². The summed E-state index contributed by atoms with van der Waals surface area (Å²) in [7, 11) is 1.58. The Labute approximate surface area is 226 Å². The molecule has 38 heavy (non-hydrogen) atoms. The number of unbranched alkanes of at least 4 members (excludes halogenated alkanes) is 1. The molecule has 0 aliphatic rings. The molecule has 0 saturated carbocycles. The maximum Gasteiger partial charge on any atom is 0.255 e. The van der Waals surface area contributed by atoms with E-state index in [2.05, 4.69) is 67.1 Å². The third-order valence-corrected chi connectivity index (χ3v) is 6.77. The van der Waals surface area contributed by atoms with Crippen molar-refractivity contribution in [2.24, 2.45) is 0 Å². The lowest BCUT2D eigenvalue weighted by Gasteiger charge is -2.15. The van der Waals surface area contributed by atoms with Gasteiger partial charge in [0.05, 0.1) is 30.3 Å².